The van der Waals surface area contributed by atoms with Crippen LogP contribution < -0.4 is 0 Å². The Balaban J connectivity index is 1.82. The van der Waals surface area contributed by atoms with Gasteiger partial charge in [0.05, 0.1) is 26.4 Å². The van der Waals surface area contributed by atoms with E-state index in [2.05, 4.69) is 62.1 Å². The molecule has 2 fully saturated rings. The first kappa shape index (κ1) is 27.7. The first-order valence-electron chi connectivity index (χ1n) is 12.8. The molecule has 0 spiro atoms. The van der Waals surface area contributed by atoms with E-state index in [-0.39, 0.29) is 5.78 Å². The van der Waals surface area contributed by atoms with Gasteiger partial charge in [-0.2, -0.15) is 0 Å². The van der Waals surface area contributed by atoms with Crippen LogP contribution in [0.4, 0.5) is 0 Å². The summed E-state index contributed by atoms with van der Waals surface area (Å²) in [5.41, 5.74) is 8.87. The van der Waals surface area contributed by atoms with Gasteiger partial charge in [0.15, 0.2) is 5.78 Å². The van der Waals surface area contributed by atoms with Crippen molar-refractivity contribution in [3.63, 3.8) is 0 Å². The molecule has 2 aliphatic heterocycles. The normalized spacial score (nSPS) is 17.5. The number of ketones is 1. The third-order valence-electron chi connectivity index (χ3n) is 7.54. The van der Waals surface area contributed by atoms with Gasteiger partial charge in [-0.25, -0.2) is 0 Å². The second-order valence-electron chi connectivity index (χ2n) is 9.86. The van der Waals surface area contributed by atoms with E-state index in [4.69, 9.17) is 9.47 Å². The zero-order valence-corrected chi connectivity index (χ0v) is 24.3. The summed E-state index contributed by atoms with van der Waals surface area (Å²) in [7, 11) is 0. The van der Waals surface area contributed by atoms with Gasteiger partial charge in [0.25, 0.3) is 0 Å². The maximum atomic E-state index is 14.5. The monoisotopic (exact) mass is 528 g/mol. The molecular weight excluding hydrogens is 488 g/mol. The number of thioether (sulfide) groups is 2. The van der Waals surface area contributed by atoms with Crippen LogP contribution in [0.2, 0.25) is 0 Å². The highest BCUT2D eigenvalue weighted by molar-refractivity contribution is 7.99. The molecule has 5 nitrogen and oxygen atoms in total. The molecule has 36 heavy (non-hydrogen) atoms. The molecule has 2 aromatic carbocycles. The molecule has 0 amide bonds. The summed E-state index contributed by atoms with van der Waals surface area (Å²) in [6, 6.07) is 4.28. The minimum Gasteiger partial charge on any atom is -0.379 e. The molecular formula is C29H40N2O3S2. The summed E-state index contributed by atoms with van der Waals surface area (Å²) in [5, 5.41) is 0. The molecule has 0 radical (unpaired) electrons. The number of hydrogen-bond donors (Lipinski definition) is 0. The minimum atomic E-state index is 0.152. The highest BCUT2D eigenvalue weighted by atomic mass is 32.2. The van der Waals surface area contributed by atoms with Gasteiger partial charge in [-0.3, -0.25) is 14.6 Å². The van der Waals surface area contributed by atoms with E-state index in [9.17, 15) is 4.79 Å². The summed E-state index contributed by atoms with van der Waals surface area (Å²) in [6.45, 7) is 16.8. The van der Waals surface area contributed by atoms with E-state index >= 15 is 0 Å². The molecule has 7 heteroatoms. The van der Waals surface area contributed by atoms with E-state index in [0.29, 0.717) is 0 Å². The Morgan fingerprint density at radius 2 is 1.08 bits per heavy atom. The fourth-order valence-electron chi connectivity index (χ4n) is 5.56. The lowest BCUT2D eigenvalue weighted by Gasteiger charge is -2.30. The van der Waals surface area contributed by atoms with Crippen LogP contribution in [0.25, 0.3) is 0 Å². The van der Waals surface area contributed by atoms with Crippen LogP contribution in [0.3, 0.4) is 0 Å². The van der Waals surface area contributed by atoms with Crippen molar-refractivity contribution in [2.45, 2.75) is 50.6 Å². The van der Waals surface area contributed by atoms with E-state index in [1.54, 1.807) is 23.5 Å². The molecule has 0 atom stereocenters. The van der Waals surface area contributed by atoms with Crippen molar-refractivity contribution in [2.24, 2.45) is 0 Å². The van der Waals surface area contributed by atoms with Gasteiger partial charge in [0.1, 0.15) is 0 Å². The SMILES string of the molecule is CSc1c(C)cc(C(=O)c2cc(C)c(SC)c(C)c2CN2CCOCC2)c(CN2CCOCC2)c1C. The Labute approximate surface area is 225 Å². The molecule has 0 bridgehead atoms. The van der Waals surface area contributed by atoms with Gasteiger partial charge >= 0.3 is 0 Å². The molecule has 2 heterocycles. The zero-order chi connectivity index (χ0) is 25.8. The van der Waals surface area contributed by atoms with Crippen molar-refractivity contribution in [1.82, 2.24) is 9.80 Å². The Kier molecular flexibility index (Phi) is 9.58. The molecule has 0 N–H and O–H groups in total. The van der Waals surface area contributed by atoms with Crippen LogP contribution in [-0.4, -0.2) is 80.7 Å². The number of rotatable bonds is 8. The van der Waals surface area contributed by atoms with Gasteiger partial charge in [0, 0.05) is 60.2 Å². The number of benzene rings is 2. The number of nitrogens with zero attached hydrogens (tertiary/aromatic N) is 2. The van der Waals surface area contributed by atoms with E-state index < -0.39 is 0 Å². The van der Waals surface area contributed by atoms with Crippen molar-refractivity contribution in [3.8, 4) is 0 Å². The van der Waals surface area contributed by atoms with Crippen LogP contribution in [-0.2, 0) is 22.6 Å². The molecule has 0 aromatic heterocycles. The van der Waals surface area contributed by atoms with Gasteiger partial charge in [0.2, 0.25) is 0 Å². The highest BCUT2D eigenvalue weighted by Gasteiger charge is 2.26. The number of aryl methyl sites for hydroxylation is 2. The molecule has 4 rings (SSSR count). The van der Waals surface area contributed by atoms with Gasteiger partial charge in [-0.05, 0) is 85.7 Å². The Morgan fingerprint density at radius 3 is 1.42 bits per heavy atom. The summed E-state index contributed by atoms with van der Waals surface area (Å²) < 4.78 is 11.2. The topological polar surface area (TPSA) is 42.0 Å². The predicted octanol–water partition coefficient (Wildman–Crippen LogP) is 5.26. The first-order valence-corrected chi connectivity index (χ1v) is 15.3. The maximum absolute atomic E-state index is 14.5. The van der Waals surface area contributed by atoms with Crippen LogP contribution in [0, 0.1) is 27.7 Å². The van der Waals surface area contributed by atoms with Gasteiger partial charge < -0.3 is 9.47 Å². The fraction of sp³-hybridized carbons (Fsp3) is 0.552. The summed E-state index contributed by atoms with van der Waals surface area (Å²) >= 11 is 3.55. The number of morpholine rings is 2. The van der Waals surface area contributed by atoms with Gasteiger partial charge in [-0.15, -0.1) is 23.5 Å². The Morgan fingerprint density at radius 1 is 0.722 bits per heavy atom. The number of hydrogen-bond acceptors (Lipinski definition) is 7. The fourth-order valence-corrected chi connectivity index (χ4v) is 7.18. The average molecular weight is 529 g/mol. The predicted molar refractivity (Wildman–Crippen MR) is 151 cm³/mol. The molecule has 196 valence electrons. The smallest absolute Gasteiger partial charge is 0.193 e. The number of ether oxygens (including phenoxy) is 2. The average Bonchev–Trinajstić information content (AvgIpc) is 2.88. The molecule has 2 saturated heterocycles. The lowest BCUT2D eigenvalue weighted by molar-refractivity contribution is 0.0339. The Hall–Kier alpha value is -1.35. The lowest BCUT2D eigenvalue weighted by atomic mass is 9.88. The van der Waals surface area contributed by atoms with Gasteiger partial charge in [-0.1, -0.05) is 0 Å². The standard InChI is InChI=1S/C29H40N2O3S2/c1-19-15-23(25(21(3)28(19)35-5)17-30-7-11-33-12-8-30)27(32)24-16-20(2)29(36-6)22(4)26(24)18-31-9-13-34-14-10-31/h15-16H,7-14,17-18H2,1-6H3. The third kappa shape index (κ3) is 5.87. The van der Waals surface area contributed by atoms with Crippen molar-refractivity contribution >= 4 is 29.3 Å². The summed E-state index contributed by atoms with van der Waals surface area (Å²) in [5.74, 6) is 0.152. The highest BCUT2D eigenvalue weighted by Crippen LogP contribution is 2.35. The molecule has 2 aromatic rings. The molecule has 2 aliphatic rings. The van der Waals surface area contributed by atoms with E-state index in [1.807, 2.05) is 0 Å². The van der Waals surface area contributed by atoms with E-state index in [1.165, 1.54) is 43.2 Å². The van der Waals surface area contributed by atoms with Crippen molar-refractivity contribution < 1.29 is 14.3 Å². The van der Waals surface area contributed by atoms with E-state index in [0.717, 1.165) is 76.8 Å². The molecule has 0 aliphatic carbocycles. The minimum absolute atomic E-state index is 0.152. The molecule has 0 unspecified atom stereocenters. The van der Waals surface area contributed by atoms with Crippen molar-refractivity contribution in [3.05, 3.63) is 56.6 Å². The summed E-state index contributed by atoms with van der Waals surface area (Å²) in [4.78, 5) is 21.9. The Bertz CT molecular complexity index is 1020. The first-order chi connectivity index (χ1) is 17.3. The largest absolute Gasteiger partial charge is 0.379 e. The maximum Gasteiger partial charge on any atom is 0.193 e. The zero-order valence-electron chi connectivity index (χ0n) is 22.7. The molecule has 0 saturated carbocycles. The van der Waals surface area contributed by atoms with Crippen LogP contribution >= 0.6 is 23.5 Å². The number of carbonyl (C=O) groups is 1. The third-order valence-corrected chi connectivity index (χ3v) is 9.62. The van der Waals surface area contributed by atoms with Crippen LogP contribution in [0.15, 0.2) is 21.9 Å². The second-order valence-corrected chi connectivity index (χ2v) is 11.5. The number of carbonyl (C=O) groups excluding carboxylic acids is 1. The van der Waals surface area contributed by atoms with Crippen molar-refractivity contribution in [1.29, 1.82) is 0 Å². The lowest BCUT2D eigenvalue weighted by Crippen LogP contribution is -2.37. The summed E-state index contributed by atoms with van der Waals surface area (Å²) in [6.07, 6.45) is 4.26. The van der Waals surface area contributed by atoms with Crippen LogP contribution in [0.5, 0.6) is 0 Å². The quantitative estimate of drug-likeness (QED) is 0.342. The van der Waals surface area contributed by atoms with Crippen LogP contribution in [0.1, 0.15) is 49.3 Å². The second kappa shape index (κ2) is 12.5. The van der Waals surface area contributed by atoms with Crippen molar-refractivity contribution in [2.75, 3.05) is 65.1 Å².